The fourth-order valence-electron chi connectivity index (χ4n) is 6.77. The number of nitrogens with one attached hydrogen (secondary N) is 1. The maximum Gasteiger partial charge on any atom is 0.257 e. The molecule has 6 rings (SSSR count). The third-order valence-electron chi connectivity index (χ3n) is 9.43. The average Bonchev–Trinajstić information content (AvgIpc) is 3.79. The number of carbonyl (C=O) groups is 2. The molecule has 2 N–H and O–H groups in total. The lowest BCUT2D eigenvalue weighted by molar-refractivity contribution is -0.137. The Morgan fingerprint density at radius 3 is 2.51 bits per heavy atom. The number of tetrazole rings is 1. The molecule has 13 heteroatoms. The topological polar surface area (TPSA) is 139 Å². The largest absolute Gasteiger partial charge is 0.496 e. The zero-order chi connectivity index (χ0) is 31.4. The molecule has 234 valence electrons. The fourth-order valence-corrected chi connectivity index (χ4v) is 6.77. The van der Waals surface area contributed by atoms with Crippen molar-refractivity contribution >= 4 is 11.8 Å². The molecule has 2 aliphatic heterocycles. The first-order chi connectivity index (χ1) is 21.9. The number of pyridine rings is 1. The average molecular weight is 615 g/mol. The zero-order valence-electron chi connectivity index (χ0n) is 25.0. The van der Waals surface area contributed by atoms with Gasteiger partial charge in [-0.1, -0.05) is 18.2 Å². The van der Waals surface area contributed by atoms with Crippen LogP contribution in [0.1, 0.15) is 47.3 Å². The Hall–Kier alpha value is -4.75. The summed E-state index contributed by atoms with van der Waals surface area (Å²) in [6.45, 7) is 2.96. The van der Waals surface area contributed by atoms with Gasteiger partial charge in [0.05, 0.1) is 29.5 Å². The van der Waals surface area contributed by atoms with E-state index < -0.39 is 16.7 Å². The number of piperidine rings is 1. The zero-order valence-corrected chi connectivity index (χ0v) is 25.0. The van der Waals surface area contributed by atoms with Crippen molar-refractivity contribution in [3.63, 3.8) is 0 Å². The Morgan fingerprint density at radius 1 is 1.04 bits per heavy atom. The van der Waals surface area contributed by atoms with Crippen LogP contribution in [0.5, 0.6) is 5.75 Å². The Labute approximate surface area is 259 Å². The normalized spacial score (nSPS) is 19.8. The molecular formula is C32H35FN8O4. The van der Waals surface area contributed by atoms with E-state index in [-0.39, 0.29) is 11.7 Å². The van der Waals surface area contributed by atoms with Crippen molar-refractivity contribution in [2.24, 2.45) is 0 Å². The summed E-state index contributed by atoms with van der Waals surface area (Å²) >= 11 is 0. The minimum Gasteiger partial charge on any atom is -0.496 e. The molecule has 0 radical (unpaired) electrons. The second-order valence-electron chi connectivity index (χ2n) is 11.7. The predicted molar refractivity (Wildman–Crippen MR) is 160 cm³/mol. The van der Waals surface area contributed by atoms with E-state index in [1.807, 2.05) is 34.6 Å². The van der Waals surface area contributed by atoms with Gasteiger partial charge in [-0.15, -0.1) is 5.10 Å². The summed E-state index contributed by atoms with van der Waals surface area (Å²) in [4.78, 5) is 35.4. The van der Waals surface area contributed by atoms with Crippen LogP contribution in [0.15, 0.2) is 73.2 Å². The number of hydrogen-bond donors (Lipinski definition) is 2. The Bertz CT molecular complexity index is 1630. The quantitative estimate of drug-likeness (QED) is 0.215. The fraction of sp³-hybridized carbons (Fsp3) is 0.375. The number of likely N-dealkylation sites (tertiary alicyclic amines) is 2. The summed E-state index contributed by atoms with van der Waals surface area (Å²) in [6, 6.07) is 17.3. The van der Waals surface area contributed by atoms with E-state index in [0.717, 1.165) is 18.5 Å². The molecule has 0 bridgehead atoms. The number of nitrogens with zero attached hydrogens (tertiary/aromatic N) is 7. The summed E-state index contributed by atoms with van der Waals surface area (Å²) in [5.74, 6) is -0.479. The summed E-state index contributed by atoms with van der Waals surface area (Å²) in [5, 5.41) is 20.8. The number of methoxy groups -OCH3 is 1. The molecule has 1 unspecified atom stereocenters. The Morgan fingerprint density at radius 2 is 1.84 bits per heavy atom. The predicted octanol–water partition coefficient (Wildman–Crippen LogP) is 2.92. The molecule has 2 aromatic carbocycles. The smallest absolute Gasteiger partial charge is 0.257 e. The van der Waals surface area contributed by atoms with Crippen LogP contribution in [0.2, 0.25) is 0 Å². The third-order valence-corrected chi connectivity index (χ3v) is 9.43. The molecule has 0 spiro atoms. The van der Waals surface area contributed by atoms with Crippen molar-refractivity contribution in [2.75, 3.05) is 39.8 Å². The number of hydroxylamine groups is 1. The van der Waals surface area contributed by atoms with Gasteiger partial charge in [0.1, 0.15) is 17.9 Å². The highest BCUT2D eigenvalue weighted by Gasteiger charge is 2.46. The van der Waals surface area contributed by atoms with Gasteiger partial charge in [-0.05, 0) is 104 Å². The van der Waals surface area contributed by atoms with E-state index in [2.05, 4.69) is 25.4 Å². The van der Waals surface area contributed by atoms with Crippen LogP contribution in [-0.2, 0) is 15.6 Å². The van der Waals surface area contributed by atoms with Crippen LogP contribution in [0, 0.1) is 5.82 Å². The lowest BCUT2D eigenvalue weighted by Crippen LogP contribution is -2.52. The molecule has 4 aromatic rings. The standard InChI is InChI=1S/C32H35FN8O4/c1-45-27-10-9-25(41-22-35-37-38-41)20-26(27)29(42)40-19-12-31(21-40,23-5-7-24(33)8-6-23)11-16-39-17-13-32(14-18-39,30(43)36-44)28-4-2-3-15-34-28/h2-10,15,20,22,44H,11-14,16-19,21H2,1H3,(H,36,43). The number of rotatable bonds is 9. The lowest BCUT2D eigenvalue weighted by atomic mass is 9.73. The first-order valence-electron chi connectivity index (χ1n) is 14.9. The van der Waals surface area contributed by atoms with Crippen LogP contribution in [0.3, 0.4) is 0 Å². The van der Waals surface area contributed by atoms with E-state index in [1.165, 1.54) is 30.3 Å². The monoisotopic (exact) mass is 614 g/mol. The number of ether oxygens (including phenoxy) is 1. The maximum absolute atomic E-state index is 14.0. The molecule has 2 aromatic heterocycles. The van der Waals surface area contributed by atoms with Gasteiger partial charge >= 0.3 is 0 Å². The van der Waals surface area contributed by atoms with Crippen molar-refractivity contribution < 1.29 is 23.9 Å². The van der Waals surface area contributed by atoms with Crippen LogP contribution in [0.25, 0.3) is 5.69 Å². The second kappa shape index (κ2) is 12.7. The molecule has 12 nitrogen and oxygen atoms in total. The highest BCUT2D eigenvalue weighted by atomic mass is 19.1. The van der Waals surface area contributed by atoms with Gasteiger partial charge in [-0.2, -0.15) is 0 Å². The first-order valence-corrected chi connectivity index (χ1v) is 14.9. The number of amides is 2. The van der Waals surface area contributed by atoms with Gasteiger partial charge in [0.2, 0.25) is 0 Å². The summed E-state index contributed by atoms with van der Waals surface area (Å²) in [7, 11) is 1.53. The SMILES string of the molecule is COc1ccc(-n2cnnn2)cc1C(=O)N1CCC(CCN2CCC(C(=O)NO)(c3ccccn3)CC2)(c2ccc(F)cc2)C1. The third kappa shape index (κ3) is 5.88. The van der Waals surface area contributed by atoms with Crippen LogP contribution >= 0.6 is 0 Å². The van der Waals surface area contributed by atoms with Crippen LogP contribution < -0.4 is 10.2 Å². The van der Waals surface area contributed by atoms with Crippen LogP contribution in [0.4, 0.5) is 4.39 Å². The van der Waals surface area contributed by atoms with E-state index >= 15 is 0 Å². The van der Waals surface area contributed by atoms with Gasteiger partial charge in [-0.3, -0.25) is 19.8 Å². The highest BCUT2D eigenvalue weighted by Crippen LogP contribution is 2.41. The number of benzene rings is 2. The Kier molecular flexibility index (Phi) is 8.55. The number of halogens is 1. The summed E-state index contributed by atoms with van der Waals surface area (Å²) < 4.78 is 21.0. The summed E-state index contributed by atoms with van der Waals surface area (Å²) in [5.41, 5.74) is 3.21. The molecule has 0 saturated carbocycles. The van der Waals surface area contributed by atoms with Gasteiger partial charge < -0.3 is 14.5 Å². The van der Waals surface area contributed by atoms with E-state index in [9.17, 15) is 19.2 Å². The molecular weight excluding hydrogens is 579 g/mol. The number of aromatic nitrogens is 5. The molecule has 2 aliphatic rings. The lowest BCUT2D eigenvalue weighted by Gasteiger charge is -2.41. The van der Waals surface area contributed by atoms with Gasteiger partial charge in [0.25, 0.3) is 11.8 Å². The van der Waals surface area contributed by atoms with Crippen LogP contribution in [-0.4, -0.2) is 91.8 Å². The Balaban J connectivity index is 1.21. The molecule has 2 fully saturated rings. The van der Waals surface area contributed by atoms with Crippen molar-refractivity contribution in [1.82, 2.24) is 40.5 Å². The van der Waals surface area contributed by atoms with Crippen molar-refractivity contribution in [3.8, 4) is 11.4 Å². The molecule has 2 saturated heterocycles. The number of hydrogen-bond acceptors (Lipinski definition) is 9. The maximum atomic E-state index is 14.0. The van der Waals surface area contributed by atoms with Gasteiger partial charge in [0, 0.05) is 24.7 Å². The summed E-state index contributed by atoms with van der Waals surface area (Å²) in [6.07, 6.45) is 5.56. The molecule has 1 atom stereocenters. The number of carbonyl (C=O) groups excluding carboxylic acids is 2. The van der Waals surface area contributed by atoms with E-state index in [4.69, 9.17) is 4.74 Å². The molecule has 2 amide bonds. The van der Waals surface area contributed by atoms with E-state index in [1.54, 1.807) is 30.5 Å². The van der Waals surface area contributed by atoms with E-state index in [0.29, 0.717) is 68.1 Å². The molecule has 4 heterocycles. The van der Waals surface area contributed by atoms with Crippen molar-refractivity contribution in [1.29, 1.82) is 0 Å². The minimum atomic E-state index is -0.909. The van der Waals surface area contributed by atoms with Gasteiger partial charge in [-0.25, -0.2) is 14.6 Å². The van der Waals surface area contributed by atoms with Crippen molar-refractivity contribution in [3.05, 3.63) is 95.8 Å². The molecule has 45 heavy (non-hydrogen) atoms. The molecule has 0 aliphatic carbocycles. The van der Waals surface area contributed by atoms with Crippen molar-refractivity contribution in [2.45, 2.75) is 36.5 Å². The highest BCUT2D eigenvalue weighted by molar-refractivity contribution is 5.98. The minimum absolute atomic E-state index is 0.168. The first kappa shape index (κ1) is 30.3. The second-order valence-corrected chi connectivity index (χ2v) is 11.7. The van der Waals surface area contributed by atoms with Gasteiger partial charge in [0.15, 0.2) is 0 Å².